The number of aromatic amines is 1. The fraction of sp³-hybridized carbons (Fsp3) is 0.200. The molecule has 8 heteroatoms. The highest BCUT2D eigenvalue weighted by Crippen LogP contribution is 2.31. The third kappa shape index (κ3) is 1.75. The Kier molecular flexibility index (Phi) is 2.19. The molecule has 3 rings (SSSR count). The lowest BCUT2D eigenvalue weighted by molar-refractivity contribution is -0.137. The first-order valence-electron chi connectivity index (χ1n) is 5.02. The van der Waals surface area contributed by atoms with Crippen molar-refractivity contribution >= 4 is 23.4 Å². The minimum Gasteiger partial charge on any atom is -0.459 e. The standard InChI is InChI=1S/C10H7F3N4O/c11-10(12,13)6-1-2-7-8(3-6)16-9(15-7)17-5-18-4-14-17/h1-4H,5H2,(H,15,16). The number of halogens is 3. The van der Waals surface area contributed by atoms with Crippen LogP contribution in [0.1, 0.15) is 5.56 Å². The number of rotatable bonds is 1. The molecule has 94 valence electrons. The molecule has 0 amide bonds. The van der Waals surface area contributed by atoms with Crippen LogP contribution in [0.25, 0.3) is 11.0 Å². The fourth-order valence-corrected chi connectivity index (χ4v) is 1.64. The van der Waals surface area contributed by atoms with Crippen LogP contribution in [0.4, 0.5) is 19.1 Å². The third-order valence-corrected chi connectivity index (χ3v) is 2.50. The summed E-state index contributed by atoms with van der Waals surface area (Å²) in [6.07, 6.45) is -3.12. The van der Waals surface area contributed by atoms with Crippen molar-refractivity contribution in [3.05, 3.63) is 23.8 Å². The van der Waals surface area contributed by atoms with Crippen molar-refractivity contribution in [3.8, 4) is 0 Å². The molecule has 0 atom stereocenters. The SMILES string of the molecule is FC(F)(F)c1ccc2nc(N3COC=N3)[nH]c2c1. The molecule has 0 spiro atoms. The van der Waals surface area contributed by atoms with E-state index in [-0.39, 0.29) is 6.73 Å². The summed E-state index contributed by atoms with van der Waals surface area (Å²) in [5.41, 5.74) is 0.0356. The van der Waals surface area contributed by atoms with Gasteiger partial charge in [0.1, 0.15) is 0 Å². The van der Waals surface area contributed by atoms with Gasteiger partial charge in [-0.25, -0.2) is 4.98 Å². The Labute approximate surface area is 98.9 Å². The fourth-order valence-electron chi connectivity index (χ4n) is 1.64. The van der Waals surface area contributed by atoms with Gasteiger partial charge in [-0.05, 0) is 18.2 Å². The number of imidazole rings is 1. The molecule has 1 N–H and O–H groups in total. The number of hydrazone groups is 1. The molecule has 18 heavy (non-hydrogen) atoms. The second kappa shape index (κ2) is 3.62. The zero-order valence-electron chi connectivity index (χ0n) is 8.90. The summed E-state index contributed by atoms with van der Waals surface area (Å²) < 4.78 is 42.5. The van der Waals surface area contributed by atoms with Gasteiger partial charge in [0.2, 0.25) is 5.95 Å². The Hall–Kier alpha value is -2.25. The molecule has 1 aromatic carbocycles. The maximum absolute atomic E-state index is 12.5. The van der Waals surface area contributed by atoms with Crippen molar-refractivity contribution < 1.29 is 17.9 Å². The van der Waals surface area contributed by atoms with Crippen LogP contribution in [0.3, 0.4) is 0 Å². The number of nitrogens with zero attached hydrogens (tertiary/aromatic N) is 3. The molecule has 0 fully saturated rings. The Balaban J connectivity index is 2.04. The average Bonchev–Trinajstić information content (AvgIpc) is 2.95. The van der Waals surface area contributed by atoms with E-state index in [1.54, 1.807) is 0 Å². The molecular weight excluding hydrogens is 249 g/mol. The molecule has 2 aromatic rings. The highest BCUT2D eigenvalue weighted by atomic mass is 19.4. The smallest absolute Gasteiger partial charge is 0.416 e. The Bertz CT molecular complexity index is 619. The molecule has 1 aromatic heterocycles. The van der Waals surface area contributed by atoms with Gasteiger partial charge in [-0.1, -0.05) is 0 Å². The van der Waals surface area contributed by atoms with Gasteiger partial charge >= 0.3 is 6.18 Å². The average molecular weight is 256 g/mol. The lowest BCUT2D eigenvalue weighted by Crippen LogP contribution is -2.14. The number of nitrogens with one attached hydrogen (secondary N) is 1. The van der Waals surface area contributed by atoms with E-state index < -0.39 is 11.7 Å². The molecule has 0 saturated heterocycles. The minimum atomic E-state index is -4.37. The number of H-pyrrole nitrogens is 1. The zero-order valence-corrected chi connectivity index (χ0v) is 8.90. The van der Waals surface area contributed by atoms with Crippen LogP contribution in [0.15, 0.2) is 23.3 Å². The van der Waals surface area contributed by atoms with E-state index in [1.165, 1.54) is 17.5 Å². The minimum absolute atomic E-state index is 0.186. The second-order valence-electron chi connectivity index (χ2n) is 3.71. The van der Waals surface area contributed by atoms with E-state index in [0.29, 0.717) is 17.0 Å². The maximum atomic E-state index is 12.5. The van der Waals surface area contributed by atoms with Crippen molar-refractivity contribution in [1.82, 2.24) is 9.97 Å². The lowest BCUT2D eigenvalue weighted by atomic mass is 10.2. The van der Waals surface area contributed by atoms with Gasteiger partial charge in [0.25, 0.3) is 0 Å². The van der Waals surface area contributed by atoms with Gasteiger partial charge in [-0.15, -0.1) is 5.10 Å². The Morgan fingerprint density at radius 1 is 1.33 bits per heavy atom. The zero-order chi connectivity index (χ0) is 12.8. The molecule has 0 saturated carbocycles. The first-order valence-corrected chi connectivity index (χ1v) is 5.02. The van der Waals surface area contributed by atoms with Crippen molar-refractivity contribution in [3.63, 3.8) is 0 Å². The van der Waals surface area contributed by atoms with Gasteiger partial charge in [0.05, 0.1) is 16.6 Å². The van der Waals surface area contributed by atoms with E-state index in [0.717, 1.165) is 12.1 Å². The highest BCUT2D eigenvalue weighted by molar-refractivity contribution is 5.78. The lowest BCUT2D eigenvalue weighted by Gasteiger charge is -2.05. The largest absolute Gasteiger partial charge is 0.459 e. The molecule has 1 aliphatic heterocycles. The van der Waals surface area contributed by atoms with Crippen molar-refractivity contribution in [1.29, 1.82) is 0 Å². The van der Waals surface area contributed by atoms with E-state index >= 15 is 0 Å². The van der Waals surface area contributed by atoms with Gasteiger partial charge < -0.3 is 9.72 Å². The molecular formula is C10H7F3N4O. The van der Waals surface area contributed by atoms with Crippen LogP contribution in [0.5, 0.6) is 0 Å². The topological polar surface area (TPSA) is 53.5 Å². The maximum Gasteiger partial charge on any atom is 0.416 e. The monoisotopic (exact) mass is 256 g/mol. The third-order valence-electron chi connectivity index (χ3n) is 2.50. The number of fused-ring (bicyclic) bond motifs is 1. The molecule has 1 aliphatic rings. The number of alkyl halides is 3. The van der Waals surface area contributed by atoms with Crippen LogP contribution in [-0.2, 0) is 10.9 Å². The normalized spacial score (nSPS) is 15.4. The number of anilines is 1. The summed E-state index contributed by atoms with van der Waals surface area (Å²) >= 11 is 0. The van der Waals surface area contributed by atoms with Crippen LogP contribution in [0, 0.1) is 0 Å². The summed E-state index contributed by atoms with van der Waals surface area (Å²) in [7, 11) is 0. The van der Waals surface area contributed by atoms with Gasteiger partial charge in [0, 0.05) is 0 Å². The Morgan fingerprint density at radius 3 is 2.83 bits per heavy atom. The molecule has 5 nitrogen and oxygen atoms in total. The Morgan fingerprint density at radius 2 is 2.17 bits per heavy atom. The van der Waals surface area contributed by atoms with Crippen LogP contribution < -0.4 is 5.01 Å². The summed E-state index contributed by atoms with van der Waals surface area (Å²) in [6.45, 7) is 0.186. The van der Waals surface area contributed by atoms with Gasteiger partial charge in [-0.3, -0.25) is 0 Å². The number of hydrogen-bond donors (Lipinski definition) is 1. The molecule has 0 unspecified atom stereocenters. The van der Waals surface area contributed by atoms with Crippen molar-refractivity contribution in [2.75, 3.05) is 11.7 Å². The van der Waals surface area contributed by atoms with Crippen molar-refractivity contribution in [2.45, 2.75) is 6.18 Å². The highest BCUT2D eigenvalue weighted by Gasteiger charge is 2.30. The summed E-state index contributed by atoms with van der Waals surface area (Å²) in [5, 5.41) is 5.25. The molecule has 0 radical (unpaired) electrons. The van der Waals surface area contributed by atoms with E-state index in [4.69, 9.17) is 4.74 Å². The number of benzene rings is 1. The van der Waals surface area contributed by atoms with Crippen molar-refractivity contribution in [2.24, 2.45) is 5.10 Å². The second-order valence-corrected chi connectivity index (χ2v) is 3.71. The first kappa shape index (κ1) is 10.9. The van der Waals surface area contributed by atoms with Crippen LogP contribution in [-0.4, -0.2) is 23.1 Å². The quantitative estimate of drug-likeness (QED) is 0.851. The van der Waals surface area contributed by atoms with E-state index in [2.05, 4.69) is 15.1 Å². The van der Waals surface area contributed by atoms with Crippen LogP contribution >= 0.6 is 0 Å². The van der Waals surface area contributed by atoms with Gasteiger partial charge in [0.15, 0.2) is 13.1 Å². The summed E-state index contributed by atoms with van der Waals surface area (Å²) in [4.78, 5) is 6.90. The number of aromatic nitrogens is 2. The van der Waals surface area contributed by atoms with Crippen LogP contribution in [0.2, 0.25) is 0 Å². The number of hydrogen-bond acceptors (Lipinski definition) is 4. The van der Waals surface area contributed by atoms with Gasteiger partial charge in [-0.2, -0.15) is 18.2 Å². The molecule has 0 bridgehead atoms. The molecule has 2 heterocycles. The van der Waals surface area contributed by atoms with E-state index in [9.17, 15) is 13.2 Å². The first-order chi connectivity index (χ1) is 8.54. The predicted octanol–water partition coefficient (Wildman–Crippen LogP) is 2.32. The number of ether oxygens (including phenoxy) is 1. The predicted molar refractivity (Wildman–Crippen MR) is 58.0 cm³/mol. The van der Waals surface area contributed by atoms with E-state index in [1.807, 2.05) is 0 Å². The summed E-state index contributed by atoms with van der Waals surface area (Å²) in [6, 6.07) is 3.34. The molecule has 0 aliphatic carbocycles. The summed E-state index contributed by atoms with van der Waals surface area (Å²) in [5.74, 6) is 0.345.